The molecule has 1 saturated heterocycles. The Morgan fingerprint density at radius 2 is 2.19 bits per heavy atom. The van der Waals surface area contributed by atoms with E-state index in [1.807, 2.05) is 0 Å². The van der Waals surface area contributed by atoms with Gasteiger partial charge in [-0.1, -0.05) is 0 Å². The number of aliphatic carboxylic acids is 1. The summed E-state index contributed by atoms with van der Waals surface area (Å²) in [5.41, 5.74) is 0.0229. The number of aliphatic hydroxyl groups is 1. The molecule has 2 aliphatic heterocycles. The van der Waals surface area contributed by atoms with Crippen molar-refractivity contribution in [1.82, 2.24) is 10.2 Å². The normalized spacial score (nSPS) is 25.5. The first-order valence-electron chi connectivity index (χ1n) is 6.69. The number of rotatable bonds is 6. The van der Waals surface area contributed by atoms with Gasteiger partial charge in [-0.25, -0.2) is 4.79 Å². The first kappa shape index (κ1) is 15.8. The summed E-state index contributed by atoms with van der Waals surface area (Å²) >= 11 is 1.33. The van der Waals surface area contributed by atoms with Crippen LogP contribution < -0.4 is 5.32 Å². The molecule has 0 aliphatic carbocycles. The number of carbonyl (C=O) groups is 3. The molecule has 0 spiro atoms. The Balaban J connectivity index is 2.04. The first-order chi connectivity index (χ1) is 9.84. The summed E-state index contributed by atoms with van der Waals surface area (Å²) in [5.74, 6) is -1.57. The number of carboxylic acids is 1. The second kappa shape index (κ2) is 6.07. The molecule has 21 heavy (non-hydrogen) atoms. The largest absolute Gasteiger partial charge is 0.477 e. The minimum absolute atomic E-state index is 0.0229. The van der Waals surface area contributed by atoms with Crippen molar-refractivity contribution in [3.05, 3.63) is 10.6 Å². The fraction of sp³-hybridized carbons (Fsp3) is 0.615. The number of carbonyl (C=O) groups excluding carboxylic acids is 2. The van der Waals surface area contributed by atoms with Crippen LogP contribution in [0.15, 0.2) is 10.6 Å². The summed E-state index contributed by atoms with van der Waals surface area (Å²) in [4.78, 5) is 36.0. The topological polar surface area (TPSA) is 107 Å². The zero-order chi connectivity index (χ0) is 15.7. The number of hydrogen-bond donors (Lipinski definition) is 3. The van der Waals surface area contributed by atoms with E-state index in [0.717, 1.165) is 0 Å². The Hall–Kier alpha value is -1.54. The second-order valence-corrected chi connectivity index (χ2v) is 6.34. The van der Waals surface area contributed by atoms with E-state index in [0.29, 0.717) is 23.6 Å². The summed E-state index contributed by atoms with van der Waals surface area (Å²) in [6, 6.07) is -0.258. The number of amides is 2. The fourth-order valence-electron chi connectivity index (χ4n) is 2.76. The van der Waals surface area contributed by atoms with Crippen LogP contribution in [0, 0.1) is 5.92 Å². The van der Waals surface area contributed by atoms with Crippen LogP contribution in [-0.2, 0) is 14.4 Å². The lowest BCUT2D eigenvalue weighted by Crippen LogP contribution is -2.61. The predicted molar refractivity (Wildman–Crippen MR) is 76.2 cm³/mol. The lowest BCUT2D eigenvalue weighted by Gasteiger charge is -2.44. The van der Waals surface area contributed by atoms with Gasteiger partial charge in [0.25, 0.3) is 0 Å². The van der Waals surface area contributed by atoms with Gasteiger partial charge in [0.15, 0.2) is 0 Å². The highest BCUT2D eigenvalue weighted by Gasteiger charge is 2.56. The maximum Gasteiger partial charge on any atom is 0.353 e. The van der Waals surface area contributed by atoms with Crippen LogP contribution in [0.5, 0.6) is 0 Å². The third-order valence-electron chi connectivity index (χ3n) is 3.64. The number of thioether (sulfide) groups is 1. The summed E-state index contributed by atoms with van der Waals surface area (Å²) in [6.07, 6.45) is -0.328. The molecule has 2 amide bonds. The minimum atomic E-state index is -1.13. The second-order valence-electron chi connectivity index (χ2n) is 5.15. The molecule has 0 radical (unpaired) electrons. The number of nitrogens with zero attached hydrogens (tertiary/aromatic N) is 1. The van der Waals surface area contributed by atoms with Crippen molar-refractivity contribution in [2.75, 3.05) is 12.3 Å². The molecule has 2 rings (SSSR count). The zero-order valence-electron chi connectivity index (χ0n) is 11.8. The summed E-state index contributed by atoms with van der Waals surface area (Å²) in [6.45, 7) is 3.40. The van der Waals surface area contributed by atoms with Gasteiger partial charge in [-0.15, -0.1) is 11.8 Å². The Bertz CT molecular complexity index is 517. The predicted octanol–water partition coefficient (Wildman–Crippen LogP) is -0.237. The molecule has 2 heterocycles. The van der Waals surface area contributed by atoms with Gasteiger partial charge >= 0.3 is 5.97 Å². The molecule has 0 aromatic carbocycles. The van der Waals surface area contributed by atoms with Crippen molar-refractivity contribution in [3.63, 3.8) is 0 Å². The third-order valence-corrected chi connectivity index (χ3v) is 4.76. The van der Waals surface area contributed by atoms with Gasteiger partial charge < -0.3 is 20.4 Å². The van der Waals surface area contributed by atoms with Gasteiger partial charge in [0.05, 0.1) is 18.1 Å². The number of aliphatic hydroxyl groups excluding tert-OH is 1. The lowest BCUT2D eigenvalue weighted by molar-refractivity contribution is -0.161. The minimum Gasteiger partial charge on any atom is -0.477 e. The molecule has 0 aromatic heterocycles. The van der Waals surface area contributed by atoms with Crippen LogP contribution in [0.1, 0.15) is 20.3 Å². The van der Waals surface area contributed by atoms with Gasteiger partial charge in [-0.2, -0.15) is 0 Å². The van der Waals surface area contributed by atoms with Gasteiger partial charge in [-0.3, -0.25) is 9.59 Å². The molecule has 3 N–H and O–H groups in total. The first-order valence-corrected chi connectivity index (χ1v) is 7.68. The van der Waals surface area contributed by atoms with E-state index in [-0.39, 0.29) is 23.6 Å². The van der Waals surface area contributed by atoms with Crippen LogP contribution >= 0.6 is 11.8 Å². The molecular formula is C13H18N2O5S. The van der Waals surface area contributed by atoms with Crippen molar-refractivity contribution in [2.24, 2.45) is 5.92 Å². The molecule has 8 heteroatoms. The molecule has 2 aliphatic rings. The van der Waals surface area contributed by atoms with Gasteiger partial charge in [0.2, 0.25) is 11.8 Å². The average molecular weight is 314 g/mol. The molecule has 1 unspecified atom stereocenters. The maximum atomic E-state index is 12.0. The number of β-lactam (4-membered cyclic amide) rings is 1. The smallest absolute Gasteiger partial charge is 0.353 e. The Morgan fingerprint density at radius 1 is 1.52 bits per heavy atom. The molecule has 0 aromatic rings. The Morgan fingerprint density at radius 3 is 2.71 bits per heavy atom. The van der Waals surface area contributed by atoms with Crippen molar-refractivity contribution in [2.45, 2.75) is 32.4 Å². The lowest BCUT2D eigenvalue weighted by atomic mass is 9.83. The molecule has 1 fully saturated rings. The fourth-order valence-corrected chi connectivity index (χ4v) is 3.82. The van der Waals surface area contributed by atoms with Crippen LogP contribution in [0.25, 0.3) is 0 Å². The van der Waals surface area contributed by atoms with E-state index in [1.165, 1.54) is 23.6 Å². The third kappa shape index (κ3) is 2.91. The quantitative estimate of drug-likeness (QED) is 0.461. The molecule has 0 bridgehead atoms. The van der Waals surface area contributed by atoms with E-state index >= 15 is 0 Å². The Kier molecular flexibility index (Phi) is 4.58. The van der Waals surface area contributed by atoms with E-state index < -0.39 is 18.0 Å². The van der Waals surface area contributed by atoms with Crippen LogP contribution in [0.2, 0.25) is 0 Å². The number of hydrogen-bond acceptors (Lipinski definition) is 5. The van der Waals surface area contributed by atoms with E-state index in [4.69, 9.17) is 0 Å². The average Bonchev–Trinajstić information content (AvgIpc) is 2.68. The highest BCUT2D eigenvalue weighted by atomic mass is 32.2. The van der Waals surface area contributed by atoms with E-state index in [9.17, 15) is 24.6 Å². The van der Waals surface area contributed by atoms with Crippen molar-refractivity contribution >= 4 is 29.5 Å². The number of nitrogens with one attached hydrogen (secondary N) is 1. The van der Waals surface area contributed by atoms with Crippen LogP contribution in [0.4, 0.5) is 0 Å². The van der Waals surface area contributed by atoms with Gasteiger partial charge in [0, 0.05) is 30.5 Å². The van der Waals surface area contributed by atoms with Crippen molar-refractivity contribution in [1.29, 1.82) is 0 Å². The van der Waals surface area contributed by atoms with E-state index in [2.05, 4.69) is 5.32 Å². The molecule has 0 saturated carbocycles. The molecular weight excluding hydrogens is 296 g/mol. The SMILES string of the molecule is CC(=O)NCCSC1=C(C(=O)O)N2C(=O)[C@H]([C@@H](C)O)C2C1. The van der Waals surface area contributed by atoms with Gasteiger partial charge in [0.1, 0.15) is 5.70 Å². The summed E-state index contributed by atoms with van der Waals surface area (Å²) in [5, 5.41) is 21.5. The molecule has 7 nitrogen and oxygen atoms in total. The van der Waals surface area contributed by atoms with Crippen molar-refractivity contribution in [3.8, 4) is 0 Å². The highest BCUT2D eigenvalue weighted by molar-refractivity contribution is 8.03. The van der Waals surface area contributed by atoms with Gasteiger partial charge in [-0.05, 0) is 6.92 Å². The molecule has 3 atom stereocenters. The van der Waals surface area contributed by atoms with Crippen LogP contribution in [0.3, 0.4) is 0 Å². The van der Waals surface area contributed by atoms with E-state index in [1.54, 1.807) is 6.92 Å². The number of fused-ring (bicyclic) bond motifs is 1. The van der Waals surface area contributed by atoms with Crippen molar-refractivity contribution < 1.29 is 24.6 Å². The maximum absolute atomic E-state index is 12.0. The highest BCUT2D eigenvalue weighted by Crippen LogP contribution is 2.46. The Labute approximate surface area is 126 Å². The molecule has 116 valence electrons. The standard InChI is InChI=1S/C13H18N2O5S/c1-6(16)10-8-5-9(21-4-3-14-7(2)17)11(13(19)20)15(8)12(10)18/h6,8,10,16H,3-5H2,1-2H3,(H,14,17)(H,19,20)/t6-,8?,10-/m1/s1. The zero-order valence-corrected chi connectivity index (χ0v) is 12.6. The summed E-state index contributed by atoms with van der Waals surface area (Å²) in [7, 11) is 0. The summed E-state index contributed by atoms with van der Waals surface area (Å²) < 4.78 is 0. The monoisotopic (exact) mass is 314 g/mol. The number of carboxylic acid groups (broad SMARTS) is 1. The van der Waals surface area contributed by atoms with Crippen LogP contribution in [-0.4, -0.2) is 57.3 Å².